The van der Waals surface area contributed by atoms with Gasteiger partial charge in [0.05, 0.1) is 10.3 Å². The smallest absolute Gasteiger partial charge is 0.303 e. The number of Topliss-reactive ketones (excluding diaryl/α,β-unsaturated/α-hetero) is 2. The molecule has 3 saturated carbocycles. The molecule has 0 unspecified atom stereocenters. The third-order valence-corrected chi connectivity index (χ3v) is 10.4. The lowest BCUT2D eigenvalue weighted by Gasteiger charge is -2.63. The zero-order valence-electron chi connectivity index (χ0n) is 18.6. The molecule has 4 aliphatic carbocycles. The molecule has 6 nitrogen and oxygen atoms in total. The van der Waals surface area contributed by atoms with Crippen molar-refractivity contribution in [3.8, 4) is 0 Å². The molecule has 0 saturated heterocycles. The van der Waals surface area contributed by atoms with E-state index in [0.29, 0.717) is 12.0 Å². The molecule has 8 atom stereocenters. The Morgan fingerprint density at radius 2 is 1.91 bits per heavy atom. The summed E-state index contributed by atoms with van der Waals surface area (Å²) in [5.74, 6) is -2.68. The molecule has 0 amide bonds. The van der Waals surface area contributed by atoms with Gasteiger partial charge in [-0.2, -0.15) is 0 Å². The summed E-state index contributed by atoms with van der Waals surface area (Å²) in [5, 5.41) is 11.1. The third kappa shape index (κ3) is 2.75. The normalized spacial score (nSPS) is 47.3. The molecular formula is C24H28Cl2O6. The maximum atomic E-state index is 13.2. The first kappa shape index (κ1) is 23.7. The van der Waals surface area contributed by atoms with E-state index in [4.69, 9.17) is 27.9 Å². The standard InChI is InChI=1S/C24H28Cl2O6/c1-12-7-15-16-9-18(29)17-8-14(28)5-6-21(17,3)23(16,26)19(25)10-22(15,4)24(12,31)20(30)11-32-13(2)27/h5-6,8,12,15-16,19,31H,7,9-11H2,1-4H3/t12-,15+,16+,19+,21+,22+,23+,24+/m1/s1. The van der Waals surface area contributed by atoms with Crippen molar-refractivity contribution in [2.75, 3.05) is 6.61 Å². The van der Waals surface area contributed by atoms with Crippen molar-refractivity contribution in [1.82, 2.24) is 0 Å². The Bertz CT molecular complexity index is 987. The lowest BCUT2D eigenvalue weighted by molar-refractivity contribution is -0.172. The summed E-state index contributed by atoms with van der Waals surface area (Å²) in [6.45, 7) is 6.16. The average molecular weight is 483 g/mol. The molecule has 0 aliphatic heterocycles. The molecule has 174 valence electrons. The Morgan fingerprint density at radius 3 is 2.53 bits per heavy atom. The quantitative estimate of drug-likeness (QED) is 0.489. The van der Waals surface area contributed by atoms with Gasteiger partial charge in [-0.15, -0.1) is 23.2 Å². The molecule has 0 aromatic heterocycles. The number of allylic oxidation sites excluding steroid dienone is 4. The second-order valence-corrected chi connectivity index (χ2v) is 11.5. The summed E-state index contributed by atoms with van der Waals surface area (Å²) < 4.78 is 4.91. The van der Waals surface area contributed by atoms with Gasteiger partial charge in [-0.3, -0.25) is 19.2 Å². The molecule has 0 spiro atoms. The number of rotatable bonds is 3. The van der Waals surface area contributed by atoms with Gasteiger partial charge in [0.15, 0.2) is 18.2 Å². The fourth-order valence-electron chi connectivity index (χ4n) is 7.18. The van der Waals surface area contributed by atoms with Crippen LogP contribution in [0, 0.1) is 28.6 Å². The van der Waals surface area contributed by atoms with Gasteiger partial charge in [0.25, 0.3) is 0 Å². The zero-order chi connectivity index (χ0) is 23.9. The van der Waals surface area contributed by atoms with E-state index in [0.717, 1.165) is 0 Å². The molecule has 0 heterocycles. The SMILES string of the molecule is CC(=O)OCC(=O)[C@@]1(O)[C@H](C)C[C@H]2[C@@H]3CC(=O)C4=CC(=O)C=C[C@]4(C)[C@@]3(Cl)[C@@H](Cl)C[C@@]21C. The number of aliphatic hydroxyl groups is 1. The minimum atomic E-state index is -1.77. The Labute approximate surface area is 197 Å². The number of ketones is 3. The van der Waals surface area contributed by atoms with Crippen LogP contribution in [0.5, 0.6) is 0 Å². The predicted molar refractivity (Wildman–Crippen MR) is 118 cm³/mol. The van der Waals surface area contributed by atoms with Gasteiger partial charge in [0.1, 0.15) is 5.60 Å². The third-order valence-electron chi connectivity index (χ3n) is 8.85. The Kier molecular flexibility index (Phi) is 5.36. The summed E-state index contributed by atoms with van der Waals surface area (Å²) in [4.78, 5) is 48.5. The topological polar surface area (TPSA) is 97.7 Å². The molecule has 0 aromatic rings. The minimum absolute atomic E-state index is 0.0937. The molecule has 3 fully saturated rings. The van der Waals surface area contributed by atoms with Gasteiger partial charge in [-0.05, 0) is 42.7 Å². The Hall–Kier alpha value is -1.50. The average Bonchev–Trinajstić information content (AvgIpc) is 2.91. The number of alkyl halides is 2. The van der Waals surface area contributed by atoms with Crippen molar-refractivity contribution in [3.63, 3.8) is 0 Å². The number of carbonyl (C=O) groups is 4. The van der Waals surface area contributed by atoms with Crippen LogP contribution in [0.2, 0.25) is 0 Å². The number of carbonyl (C=O) groups excluding carboxylic acids is 4. The van der Waals surface area contributed by atoms with Crippen LogP contribution in [0.1, 0.15) is 47.0 Å². The first-order valence-electron chi connectivity index (χ1n) is 10.9. The first-order chi connectivity index (χ1) is 14.7. The van der Waals surface area contributed by atoms with Crippen molar-refractivity contribution in [2.24, 2.45) is 28.6 Å². The first-order valence-corrected chi connectivity index (χ1v) is 11.8. The summed E-state index contributed by atoms with van der Waals surface area (Å²) in [6.07, 6.45) is 5.29. The van der Waals surface area contributed by atoms with Crippen LogP contribution in [0.4, 0.5) is 0 Å². The molecular weight excluding hydrogens is 455 g/mol. The number of halogens is 2. The van der Waals surface area contributed by atoms with Crippen LogP contribution < -0.4 is 0 Å². The van der Waals surface area contributed by atoms with Crippen LogP contribution in [0.15, 0.2) is 23.8 Å². The highest BCUT2D eigenvalue weighted by Gasteiger charge is 2.75. The molecule has 4 rings (SSSR count). The fraction of sp³-hybridized carbons (Fsp3) is 0.667. The fourth-order valence-corrected chi connectivity index (χ4v) is 8.36. The number of fused-ring (bicyclic) bond motifs is 5. The number of hydrogen-bond acceptors (Lipinski definition) is 6. The monoisotopic (exact) mass is 482 g/mol. The predicted octanol–water partition coefficient (Wildman–Crippen LogP) is 3.16. The lowest BCUT2D eigenvalue weighted by Crippen LogP contribution is -2.69. The van der Waals surface area contributed by atoms with E-state index in [1.54, 1.807) is 13.0 Å². The van der Waals surface area contributed by atoms with Crippen molar-refractivity contribution in [3.05, 3.63) is 23.8 Å². The molecule has 4 aliphatic rings. The summed E-state index contributed by atoms with van der Waals surface area (Å²) in [7, 11) is 0. The van der Waals surface area contributed by atoms with E-state index >= 15 is 0 Å². The van der Waals surface area contributed by atoms with E-state index in [2.05, 4.69) is 0 Å². The van der Waals surface area contributed by atoms with E-state index in [-0.39, 0.29) is 30.3 Å². The van der Waals surface area contributed by atoms with Gasteiger partial charge in [0.2, 0.25) is 5.78 Å². The van der Waals surface area contributed by atoms with E-state index < -0.39 is 56.9 Å². The number of hydrogen-bond donors (Lipinski definition) is 1. The van der Waals surface area contributed by atoms with Crippen LogP contribution in [0.25, 0.3) is 0 Å². The van der Waals surface area contributed by atoms with Crippen LogP contribution >= 0.6 is 23.2 Å². The second kappa shape index (κ2) is 7.25. The summed E-state index contributed by atoms with van der Waals surface area (Å²) in [6, 6.07) is 0. The van der Waals surface area contributed by atoms with Crippen LogP contribution in [0.3, 0.4) is 0 Å². The maximum Gasteiger partial charge on any atom is 0.303 e. The van der Waals surface area contributed by atoms with Crippen molar-refractivity contribution in [2.45, 2.75) is 62.8 Å². The molecule has 0 bridgehead atoms. The highest BCUT2D eigenvalue weighted by atomic mass is 35.5. The summed E-state index contributed by atoms with van der Waals surface area (Å²) >= 11 is 14.4. The highest BCUT2D eigenvalue weighted by Crippen LogP contribution is 2.71. The summed E-state index contributed by atoms with van der Waals surface area (Å²) in [5.41, 5.74) is -3.29. The van der Waals surface area contributed by atoms with Gasteiger partial charge >= 0.3 is 5.97 Å². The maximum absolute atomic E-state index is 13.2. The molecule has 8 heteroatoms. The van der Waals surface area contributed by atoms with Crippen LogP contribution in [-0.2, 0) is 23.9 Å². The molecule has 32 heavy (non-hydrogen) atoms. The second-order valence-electron chi connectivity index (χ2n) is 10.3. The largest absolute Gasteiger partial charge is 0.458 e. The Balaban J connectivity index is 1.80. The van der Waals surface area contributed by atoms with Gasteiger partial charge in [-0.25, -0.2) is 0 Å². The lowest BCUT2D eigenvalue weighted by atomic mass is 9.46. The van der Waals surface area contributed by atoms with Gasteiger partial charge < -0.3 is 9.84 Å². The molecule has 0 radical (unpaired) electrons. The van der Waals surface area contributed by atoms with Crippen LogP contribution in [-0.4, -0.2) is 50.9 Å². The molecule has 1 N–H and O–H groups in total. The minimum Gasteiger partial charge on any atom is -0.458 e. The number of ether oxygens (including phenoxy) is 1. The number of esters is 1. The van der Waals surface area contributed by atoms with Gasteiger partial charge in [-0.1, -0.05) is 26.8 Å². The van der Waals surface area contributed by atoms with Crippen molar-refractivity contribution in [1.29, 1.82) is 0 Å². The molecule has 0 aromatic carbocycles. The van der Waals surface area contributed by atoms with Crippen molar-refractivity contribution < 1.29 is 29.0 Å². The zero-order valence-corrected chi connectivity index (χ0v) is 20.1. The van der Waals surface area contributed by atoms with Crippen molar-refractivity contribution >= 4 is 46.5 Å². The highest BCUT2D eigenvalue weighted by molar-refractivity contribution is 6.35. The Morgan fingerprint density at radius 1 is 1.25 bits per heavy atom. The van der Waals surface area contributed by atoms with Gasteiger partial charge in [0, 0.05) is 29.7 Å². The van der Waals surface area contributed by atoms with E-state index in [1.165, 1.54) is 19.1 Å². The van der Waals surface area contributed by atoms with E-state index in [9.17, 15) is 24.3 Å². The van der Waals surface area contributed by atoms with E-state index in [1.807, 2.05) is 13.8 Å².